The molecule has 0 aliphatic rings. The third-order valence-corrected chi connectivity index (χ3v) is 2.28. The maximum Gasteiger partial charge on any atom is 0.254 e. The van der Waals surface area contributed by atoms with Crippen LogP contribution in [0.2, 0.25) is 0 Å². The molecule has 0 spiro atoms. The van der Waals surface area contributed by atoms with Crippen molar-refractivity contribution >= 4 is 17.5 Å². The molecule has 0 aliphatic carbocycles. The monoisotopic (exact) mass is 237 g/mol. The molecule has 0 saturated heterocycles. The van der Waals surface area contributed by atoms with Crippen LogP contribution in [0.3, 0.4) is 0 Å². The Bertz CT molecular complexity index is 446. The van der Waals surface area contributed by atoms with E-state index in [2.05, 4.69) is 5.32 Å². The molecule has 0 aliphatic heterocycles. The zero-order valence-corrected chi connectivity index (χ0v) is 9.69. The van der Waals surface area contributed by atoms with Gasteiger partial charge < -0.3 is 21.5 Å². The van der Waals surface area contributed by atoms with Gasteiger partial charge in [0, 0.05) is 5.69 Å². The van der Waals surface area contributed by atoms with E-state index in [1.165, 1.54) is 20.1 Å². The highest BCUT2D eigenvalue weighted by Crippen LogP contribution is 2.19. The van der Waals surface area contributed by atoms with E-state index in [1.54, 1.807) is 12.1 Å². The number of nitrogens with one attached hydrogen (secondary N) is 1. The average Bonchev–Trinajstić information content (AvgIpc) is 2.29. The summed E-state index contributed by atoms with van der Waals surface area (Å²) < 4.78 is 4.99. The number of anilines is 1. The lowest BCUT2D eigenvalue weighted by molar-refractivity contribution is -0.119. The average molecular weight is 237 g/mol. The Morgan fingerprint density at radius 3 is 2.59 bits per heavy atom. The maximum atomic E-state index is 11.8. The van der Waals surface area contributed by atoms with Crippen molar-refractivity contribution in [1.29, 1.82) is 0 Å². The van der Waals surface area contributed by atoms with Gasteiger partial charge in [-0.05, 0) is 25.1 Å². The minimum Gasteiger partial charge on any atom is -0.497 e. The minimum atomic E-state index is -0.756. The third kappa shape index (κ3) is 3.10. The van der Waals surface area contributed by atoms with Crippen molar-refractivity contribution in [1.82, 2.24) is 5.32 Å². The Hall–Kier alpha value is -2.24. The number of ether oxygens (including phenoxy) is 1. The molecular weight excluding hydrogens is 222 g/mol. The Morgan fingerprint density at radius 2 is 2.06 bits per heavy atom. The molecule has 1 aromatic rings. The summed E-state index contributed by atoms with van der Waals surface area (Å²) in [7, 11) is 1.49. The first-order valence-corrected chi connectivity index (χ1v) is 4.99. The van der Waals surface area contributed by atoms with Crippen LogP contribution in [-0.2, 0) is 4.79 Å². The van der Waals surface area contributed by atoms with E-state index in [-0.39, 0.29) is 5.56 Å². The summed E-state index contributed by atoms with van der Waals surface area (Å²) in [6.45, 7) is 1.50. The van der Waals surface area contributed by atoms with Crippen molar-refractivity contribution in [2.24, 2.45) is 5.73 Å². The van der Waals surface area contributed by atoms with Crippen molar-refractivity contribution in [3.63, 3.8) is 0 Å². The van der Waals surface area contributed by atoms with Gasteiger partial charge in [0.25, 0.3) is 5.91 Å². The third-order valence-electron chi connectivity index (χ3n) is 2.28. The number of primary amides is 1. The maximum absolute atomic E-state index is 11.8. The standard InChI is InChI=1S/C11H15N3O3/c1-6(10(13)15)14-11(16)8-5-7(17-2)3-4-9(8)12/h3-6H,12H2,1-2H3,(H2,13,15)(H,14,16). The molecule has 0 heterocycles. The number of nitrogens with two attached hydrogens (primary N) is 2. The molecule has 1 rings (SSSR count). The SMILES string of the molecule is COc1ccc(N)c(C(=O)NC(C)C(N)=O)c1. The largest absolute Gasteiger partial charge is 0.497 e. The van der Waals surface area contributed by atoms with Gasteiger partial charge in [-0.2, -0.15) is 0 Å². The predicted molar refractivity (Wildman–Crippen MR) is 63.5 cm³/mol. The molecule has 0 bridgehead atoms. The van der Waals surface area contributed by atoms with Crippen LogP contribution in [0.25, 0.3) is 0 Å². The highest BCUT2D eigenvalue weighted by atomic mass is 16.5. The number of hydrogen-bond donors (Lipinski definition) is 3. The lowest BCUT2D eigenvalue weighted by Crippen LogP contribution is -2.42. The fraction of sp³-hybridized carbons (Fsp3) is 0.273. The van der Waals surface area contributed by atoms with Crippen molar-refractivity contribution in [2.45, 2.75) is 13.0 Å². The van der Waals surface area contributed by atoms with Crippen LogP contribution in [0.15, 0.2) is 18.2 Å². The molecular formula is C11H15N3O3. The number of nitrogen functional groups attached to an aromatic ring is 1. The van der Waals surface area contributed by atoms with Gasteiger partial charge in [0.2, 0.25) is 5.91 Å². The molecule has 2 amide bonds. The minimum absolute atomic E-state index is 0.248. The summed E-state index contributed by atoms with van der Waals surface area (Å²) in [4.78, 5) is 22.6. The van der Waals surface area contributed by atoms with Gasteiger partial charge in [0.1, 0.15) is 11.8 Å². The van der Waals surface area contributed by atoms with Crippen molar-refractivity contribution in [3.8, 4) is 5.75 Å². The highest BCUT2D eigenvalue weighted by Gasteiger charge is 2.16. The first-order chi connectivity index (χ1) is 7.95. The van der Waals surface area contributed by atoms with E-state index < -0.39 is 17.9 Å². The van der Waals surface area contributed by atoms with E-state index in [0.717, 1.165) is 0 Å². The number of carbonyl (C=O) groups is 2. The van der Waals surface area contributed by atoms with Gasteiger partial charge in [-0.15, -0.1) is 0 Å². The van der Waals surface area contributed by atoms with Gasteiger partial charge in [-0.25, -0.2) is 0 Å². The molecule has 1 aromatic carbocycles. The molecule has 5 N–H and O–H groups in total. The number of amides is 2. The molecule has 17 heavy (non-hydrogen) atoms. The Kier molecular flexibility index (Phi) is 3.92. The predicted octanol–water partition coefficient (Wildman–Crippen LogP) is -0.119. The molecule has 92 valence electrons. The van der Waals surface area contributed by atoms with Crippen LogP contribution in [0.4, 0.5) is 5.69 Å². The van der Waals surface area contributed by atoms with Gasteiger partial charge in [0.15, 0.2) is 0 Å². The molecule has 0 fully saturated rings. The zero-order chi connectivity index (χ0) is 13.0. The van der Waals surface area contributed by atoms with Crippen LogP contribution in [0.5, 0.6) is 5.75 Å². The summed E-state index contributed by atoms with van der Waals surface area (Å²) in [6.07, 6.45) is 0. The van der Waals surface area contributed by atoms with Crippen LogP contribution in [-0.4, -0.2) is 25.0 Å². The summed E-state index contributed by atoms with van der Waals surface area (Å²) in [5, 5.41) is 2.44. The van der Waals surface area contributed by atoms with Gasteiger partial charge in [-0.3, -0.25) is 9.59 Å². The van der Waals surface area contributed by atoms with Gasteiger partial charge in [0.05, 0.1) is 12.7 Å². The van der Waals surface area contributed by atoms with E-state index in [9.17, 15) is 9.59 Å². The fourth-order valence-electron chi connectivity index (χ4n) is 1.20. The van der Waals surface area contributed by atoms with E-state index in [0.29, 0.717) is 11.4 Å². The lowest BCUT2D eigenvalue weighted by Gasteiger charge is -2.12. The molecule has 6 heteroatoms. The van der Waals surface area contributed by atoms with E-state index in [4.69, 9.17) is 16.2 Å². The molecule has 0 saturated carbocycles. The highest BCUT2D eigenvalue weighted by molar-refractivity contribution is 6.01. The number of carbonyl (C=O) groups excluding carboxylic acids is 2. The number of hydrogen-bond acceptors (Lipinski definition) is 4. The second-order valence-corrected chi connectivity index (χ2v) is 3.55. The van der Waals surface area contributed by atoms with E-state index in [1.807, 2.05) is 0 Å². The molecule has 1 unspecified atom stereocenters. The van der Waals surface area contributed by atoms with Crippen LogP contribution in [0, 0.1) is 0 Å². The van der Waals surface area contributed by atoms with Crippen molar-refractivity contribution < 1.29 is 14.3 Å². The Labute approximate surface area is 98.9 Å². The topological polar surface area (TPSA) is 107 Å². The van der Waals surface area contributed by atoms with Crippen LogP contribution >= 0.6 is 0 Å². The van der Waals surface area contributed by atoms with Crippen molar-refractivity contribution in [3.05, 3.63) is 23.8 Å². The summed E-state index contributed by atoms with van der Waals surface area (Å²) >= 11 is 0. The summed E-state index contributed by atoms with van der Waals surface area (Å²) in [5.41, 5.74) is 11.3. The van der Waals surface area contributed by atoms with Gasteiger partial charge >= 0.3 is 0 Å². The molecule has 6 nitrogen and oxygen atoms in total. The number of rotatable bonds is 4. The number of benzene rings is 1. The normalized spacial score (nSPS) is 11.6. The van der Waals surface area contributed by atoms with Crippen LogP contribution < -0.4 is 21.5 Å². The quantitative estimate of drug-likeness (QED) is 0.634. The summed E-state index contributed by atoms with van der Waals surface area (Å²) in [6, 6.07) is 3.94. The zero-order valence-electron chi connectivity index (χ0n) is 9.69. The molecule has 0 aromatic heterocycles. The first-order valence-electron chi connectivity index (χ1n) is 4.99. The first kappa shape index (κ1) is 12.8. The fourth-order valence-corrected chi connectivity index (χ4v) is 1.20. The Morgan fingerprint density at radius 1 is 1.41 bits per heavy atom. The van der Waals surface area contributed by atoms with Crippen LogP contribution in [0.1, 0.15) is 17.3 Å². The van der Waals surface area contributed by atoms with E-state index >= 15 is 0 Å². The lowest BCUT2D eigenvalue weighted by atomic mass is 10.1. The molecule has 1 atom stereocenters. The second kappa shape index (κ2) is 5.20. The molecule has 0 radical (unpaired) electrons. The smallest absolute Gasteiger partial charge is 0.254 e. The Balaban J connectivity index is 2.91. The summed E-state index contributed by atoms with van der Waals surface area (Å²) in [5.74, 6) is -0.566. The number of methoxy groups -OCH3 is 1. The van der Waals surface area contributed by atoms with Crippen molar-refractivity contribution in [2.75, 3.05) is 12.8 Å². The second-order valence-electron chi connectivity index (χ2n) is 3.55. The van der Waals surface area contributed by atoms with Gasteiger partial charge in [-0.1, -0.05) is 0 Å².